The predicted octanol–water partition coefficient (Wildman–Crippen LogP) is 0.932. The summed E-state index contributed by atoms with van der Waals surface area (Å²) >= 11 is 4.17. The largest absolute Gasteiger partial charge is 0.444 e. The van der Waals surface area contributed by atoms with Crippen molar-refractivity contribution in [1.82, 2.24) is 10.6 Å². The van der Waals surface area contributed by atoms with E-state index in [1.54, 1.807) is 20.8 Å². The van der Waals surface area contributed by atoms with Gasteiger partial charge < -0.3 is 15.4 Å². The molecule has 0 unspecified atom stereocenters. The van der Waals surface area contributed by atoms with E-state index >= 15 is 0 Å². The topological polar surface area (TPSA) is 108 Å². The maximum absolute atomic E-state index is 13.1. The minimum atomic E-state index is -0.916. The van der Waals surface area contributed by atoms with Gasteiger partial charge in [-0.1, -0.05) is 0 Å². The van der Waals surface area contributed by atoms with E-state index in [1.165, 1.54) is 6.92 Å². The number of thiol groups is 1. The molecule has 9 heteroatoms. The molecule has 0 aromatic carbocycles. The van der Waals surface area contributed by atoms with Crippen molar-refractivity contribution in [3.8, 4) is 6.07 Å². The Morgan fingerprint density at radius 2 is 2.04 bits per heavy atom. The third kappa shape index (κ3) is 5.61. The molecular weight excluding hydrogens is 344 g/mol. The fourth-order valence-corrected chi connectivity index (χ4v) is 3.12. The number of nitrogens with zero attached hydrogens (tertiary/aromatic N) is 2. The van der Waals surface area contributed by atoms with Crippen LogP contribution in [0.15, 0.2) is 0 Å². The number of likely N-dealkylation sites (tertiary alicyclic amines) is 1. The molecule has 1 aliphatic rings. The van der Waals surface area contributed by atoms with E-state index in [4.69, 9.17) is 4.74 Å². The van der Waals surface area contributed by atoms with Crippen LogP contribution in [-0.4, -0.2) is 59.0 Å². The van der Waals surface area contributed by atoms with Crippen molar-refractivity contribution in [3.63, 3.8) is 0 Å². The van der Waals surface area contributed by atoms with Crippen LogP contribution in [0.5, 0.6) is 0 Å². The first kappa shape index (κ1) is 21.3. The summed E-state index contributed by atoms with van der Waals surface area (Å²) in [6.07, 6.45) is 0.535. The molecule has 8 nitrogen and oxygen atoms in total. The van der Waals surface area contributed by atoms with Crippen molar-refractivity contribution in [1.29, 1.82) is 5.26 Å². The Labute approximate surface area is 153 Å². The van der Waals surface area contributed by atoms with Crippen molar-refractivity contribution in [3.05, 3.63) is 0 Å². The molecule has 0 bridgehead atoms. The molecule has 1 rings (SSSR count). The fraction of sp³-hybridized carbons (Fsp3) is 0.750. The second kappa shape index (κ2) is 8.54. The first-order valence-electron chi connectivity index (χ1n) is 8.21. The van der Waals surface area contributed by atoms with Gasteiger partial charge in [0.1, 0.15) is 11.7 Å². The van der Waals surface area contributed by atoms with Crippen LogP contribution in [0.4, 0.5) is 4.79 Å². The predicted molar refractivity (Wildman–Crippen MR) is 94.5 cm³/mol. The lowest BCUT2D eigenvalue weighted by molar-refractivity contribution is -0.861. The number of nitriles is 1. The van der Waals surface area contributed by atoms with Gasteiger partial charge in [0.15, 0.2) is 18.8 Å². The van der Waals surface area contributed by atoms with Crippen molar-refractivity contribution >= 4 is 30.5 Å². The summed E-state index contributed by atoms with van der Waals surface area (Å²) in [6, 6.07) is 0.678. The molecule has 3 amide bonds. The minimum absolute atomic E-state index is 0.0205. The van der Waals surface area contributed by atoms with Crippen LogP contribution < -0.4 is 10.6 Å². The quantitative estimate of drug-likeness (QED) is 0.492. The Hall–Kier alpha value is -1.79. The fourth-order valence-electron chi connectivity index (χ4n) is 2.87. The van der Waals surface area contributed by atoms with Gasteiger partial charge in [0.25, 0.3) is 0 Å². The number of ether oxygens (including phenoxy) is 1. The van der Waals surface area contributed by atoms with Crippen LogP contribution >= 0.6 is 12.6 Å². The second-order valence-corrected chi connectivity index (χ2v) is 7.52. The lowest BCUT2D eigenvalue weighted by Crippen LogP contribution is -2.66. The van der Waals surface area contributed by atoms with E-state index in [2.05, 4.69) is 29.3 Å². The highest BCUT2D eigenvalue weighted by Gasteiger charge is 2.51. The maximum atomic E-state index is 13.1. The molecule has 25 heavy (non-hydrogen) atoms. The standard InChI is InChI=1S/C16H26N4O4S/c1-11(21)18-10-20(7-5-6-12(20)8-17)14(22)13(9-25)19-15(23)24-16(2,3)4/h12-13H,5-7,9-10H2,1-4H3,(H2-,18,19,21,23,25)/p+1/t12-,13-,20-/m0/s1. The second-order valence-electron chi connectivity index (χ2n) is 7.16. The van der Waals surface area contributed by atoms with Crippen LogP contribution in [-0.2, 0) is 14.3 Å². The highest BCUT2D eigenvalue weighted by Crippen LogP contribution is 2.28. The number of carbonyl (C=O) groups excluding carboxylic acids is 3. The highest BCUT2D eigenvalue weighted by atomic mass is 32.1. The average Bonchev–Trinajstić information content (AvgIpc) is 2.92. The molecule has 2 N–H and O–H groups in total. The lowest BCUT2D eigenvalue weighted by atomic mass is 10.1. The molecule has 0 spiro atoms. The number of quaternary nitrogens is 1. The van der Waals surface area contributed by atoms with Crippen LogP contribution in [0.3, 0.4) is 0 Å². The molecule has 0 radical (unpaired) electrons. The van der Waals surface area contributed by atoms with Crippen LogP contribution in [0, 0.1) is 11.3 Å². The van der Waals surface area contributed by atoms with Crippen molar-refractivity contribution in [2.45, 2.75) is 58.2 Å². The SMILES string of the molecule is CC(=O)NC[N@@+]1(C(=O)[C@H](CS)NC(=O)OC(C)(C)C)CCC[C@H]1C#N. The highest BCUT2D eigenvalue weighted by molar-refractivity contribution is 7.80. The van der Waals surface area contributed by atoms with Gasteiger partial charge in [0.2, 0.25) is 5.91 Å². The zero-order valence-electron chi connectivity index (χ0n) is 15.2. The normalized spacial score (nSPS) is 24.1. The third-order valence-corrected chi connectivity index (χ3v) is 4.37. The molecule has 0 aliphatic carbocycles. The molecule has 3 atom stereocenters. The van der Waals surface area contributed by atoms with Gasteiger partial charge in [0.05, 0.1) is 6.54 Å². The Morgan fingerprint density at radius 1 is 1.40 bits per heavy atom. The van der Waals surface area contributed by atoms with E-state index in [-0.39, 0.29) is 28.7 Å². The smallest absolute Gasteiger partial charge is 0.408 e. The average molecular weight is 371 g/mol. The summed E-state index contributed by atoms with van der Waals surface area (Å²) in [5.74, 6) is -0.564. The number of alkyl carbamates (subject to hydrolysis) is 1. The molecule has 1 heterocycles. The number of hydrogen-bond acceptors (Lipinski definition) is 6. The van der Waals surface area contributed by atoms with Crippen LogP contribution in [0.1, 0.15) is 40.5 Å². The maximum Gasteiger partial charge on any atom is 0.408 e. The Morgan fingerprint density at radius 3 is 2.52 bits per heavy atom. The van der Waals surface area contributed by atoms with Gasteiger partial charge in [-0.15, -0.1) is 0 Å². The molecule has 0 aromatic rings. The number of carbonyl (C=O) groups is 3. The molecule has 140 valence electrons. The zero-order valence-corrected chi connectivity index (χ0v) is 16.1. The molecule has 1 aliphatic heterocycles. The lowest BCUT2D eigenvalue weighted by Gasteiger charge is -2.36. The molecular formula is C16H27N4O4S+. The summed E-state index contributed by atoms with van der Waals surface area (Å²) < 4.78 is 4.98. The van der Waals surface area contributed by atoms with Crippen molar-refractivity contribution < 1.29 is 23.6 Å². The van der Waals surface area contributed by atoms with Gasteiger partial charge >= 0.3 is 12.0 Å². The van der Waals surface area contributed by atoms with E-state index in [1.807, 2.05) is 0 Å². The minimum Gasteiger partial charge on any atom is -0.444 e. The molecule has 0 aromatic heterocycles. The van der Waals surface area contributed by atoms with Crippen LogP contribution in [0.2, 0.25) is 0 Å². The number of amides is 3. The number of nitrogens with one attached hydrogen (secondary N) is 2. The zero-order chi connectivity index (χ0) is 19.3. The molecule has 1 saturated heterocycles. The molecule has 1 fully saturated rings. The Kier molecular flexibility index (Phi) is 7.26. The van der Waals surface area contributed by atoms with E-state index < -0.39 is 23.8 Å². The van der Waals surface area contributed by atoms with Crippen molar-refractivity contribution in [2.75, 3.05) is 19.0 Å². The van der Waals surface area contributed by atoms with Crippen molar-refractivity contribution in [2.24, 2.45) is 0 Å². The number of rotatable bonds is 5. The Balaban J connectivity index is 3.00. The van der Waals surface area contributed by atoms with Gasteiger partial charge in [-0.25, -0.2) is 14.1 Å². The van der Waals surface area contributed by atoms with Gasteiger partial charge in [-0.05, 0) is 20.8 Å². The summed E-state index contributed by atoms with van der Waals surface area (Å²) in [4.78, 5) is 36.5. The van der Waals surface area contributed by atoms with E-state index in [9.17, 15) is 19.6 Å². The summed E-state index contributed by atoms with van der Waals surface area (Å²) in [5.41, 5.74) is -0.695. The van der Waals surface area contributed by atoms with E-state index in [0.717, 1.165) is 0 Å². The Bertz CT molecular complexity index is 569. The summed E-state index contributed by atoms with van der Waals surface area (Å²) in [5, 5.41) is 14.6. The molecule has 0 saturated carbocycles. The third-order valence-electron chi connectivity index (χ3n) is 4.00. The van der Waals surface area contributed by atoms with E-state index in [0.29, 0.717) is 19.4 Å². The number of hydrogen-bond donors (Lipinski definition) is 3. The first-order chi connectivity index (χ1) is 11.6. The van der Waals surface area contributed by atoms with Gasteiger partial charge in [-0.3, -0.25) is 4.79 Å². The van der Waals surface area contributed by atoms with Gasteiger partial charge in [0, 0.05) is 25.5 Å². The van der Waals surface area contributed by atoms with Gasteiger partial charge in [-0.2, -0.15) is 17.9 Å². The first-order valence-corrected chi connectivity index (χ1v) is 8.84. The summed E-state index contributed by atoms with van der Waals surface area (Å²) in [6.45, 7) is 6.97. The van der Waals surface area contributed by atoms with Crippen LogP contribution in [0.25, 0.3) is 0 Å². The summed E-state index contributed by atoms with van der Waals surface area (Å²) in [7, 11) is 0. The monoisotopic (exact) mass is 371 g/mol.